The molecule has 0 fully saturated rings. The number of para-hydroxylation sites is 1. The normalized spacial score (nSPS) is 10.9. The molecule has 22 heavy (non-hydrogen) atoms. The van der Waals surface area contributed by atoms with Crippen LogP contribution in [0.5, 0.6) is 11.5 Å². The number of ether oxygens (including phenoxy) is 2. The van der Waals surface area contributed by atoms with E-state index in [-0.39, 0.29) is 0 Å². The average molecular weight is 299 g/mol. The van der Waals surface area contributed by atoms with Gasteiger partial charge < -0.3 is 9.47 Å². The summed E-state index contributed by atoms with van der Waals surface area (Å²) in [4.78, 5) is 11.8. The second-order valence-electron chi connectivity index (χ2n) is 6.02. The highest BCUT2D eigenvalue weighted by Crippen LogP contribution is 2.28. The number of carbonyl (C=O) groups excluding carboxylic acids is 1. The molecule has 0 atom stereocenters. The van der Waals surface area contributed by atoms with E-state index in [4.69, 9.17) is 9.47 Å². The largest absolute Gasteiger partial charge is 0.457 e. The summed E-state index contributed by atoms with van der Waals surface area (Å²) in [6.07, 6.45) is -0.484. The van der Waals surface area contributed by atoms with Crippen molar-refractivity contribution in [3.63, 3.8) is 0 Å². The standard InChI is InChI=1S/C18H21NO3/c1-13-10-11-14(19-17(20)22-18(2,3)4)12-16(13)21-15-8-6-5-7-9-15/h5-12H,1-4H3,(H,19,20). The van der Waals surface area contributed by atoms with Crippen LogP contribution < -0.4 is 10.1 Å². The van der Waals surface area contributed by atoms with Crippen molar-refractivity contribution in [2.75, 3.05) is 5.32 Å². The van der Waals surface area contributed by atoms with Crippen LogP contribution in [0.25, 0.3) is 0 Å². The maximum Gasteiger partial charge on any atom is 0.412 e. The van der Waals surface area contributed by atoms with Gasteiger partial charge in [-0.15, -0.1) is 0 Å². The highest BCUT2D eigenvalue weighted by molar-refractivity contribution is 5.85. The second-order valence-corrected chi connectivity index (χ2v) is 6.02. The van der Waals surface area contributed by atoms with Crippen LogP contribution in [0.15, 0.2) is 48.5 Å². The molecular weight excluding hydrogens is 278 g/mol. The van der Waals surface area contributed by atoms with E-state index in [1.165, 1.54) is 0 Å². The maximum absolute atomic E-state index is 11.8. The number of benzene rings is 2. The van der Waals surface area contributed by atoms with Crippen molar-refractivity contribution in [2.45, 2.75) is 33.3 Å². The molecule has 2 aromatic carbocycles. The average Bonchev–Trinajstić information content (AvgIpc) is 2.41. The van der Waals surface area contributed by atoms with E-state index in [0.717, 1.165) is 11.3 Å². The van der Waals surface area contributed by atoms with Gasteiger partial charge in [0.05, 0.1) is 0 Å². The SMILES string of the molecule is Cc1ccc(NC(=O)OC(C)(C)C)cc1Oc1ccccc1. The molecule has 116 valence electrons. The fourth-order valence-electron chi connectivity index (χ4n) is 1.82. The first-order valence-corrected chi connectivity index (χ1v) is 7.17. The Morgan fingerprint density at radius 1 is 1.05 bits per heavy atom. The Morgan fingerprint density at radius 3 is 2.36 bits per heavy atom. The molecule has 1 N–H and O–H groups in total. The molecule has 0 saturated heterocycles. The van der Waals surface area contributed by atoms with Crippen LogP contribution in [0.3, 0.4) is 0 Å². The van der Waals surface area contributed by atoms with Crippen molar-refractivity contribution in [2.24, 2.45) is 0 Å². The third-order valence-corrected chi connectivity index (χ3v) is 2.80. The monoisotopic (exact) mass is 299 g/mol. The summed E-state index contributed by atoms with van der Waals surface area (Å²) in [6, 6.07) is 15.0. The third-order valence-electron chi connectivity index (χ3n) is 2.80. The zero-order valence-electron chi connectivity index (χ0n) is 13.3. The molecule has 0 spiro atoms. The van der Waals surface area contributed by atoms with Crippen molar-refractivity contribution in [3.05, 3.63) is 54.1 Å². The van der Waals surface area contributed by atoms with E-state index in [1.807, 2.05) is 70.2 Å². The van der Waals surface area contributed by atoms with E-state index in [1.54, 1.807) is 6.07 Å². The maximum atomic E-state index is 11.8. The molecule has 0 aliphatic rings. The van der Waals surface area contributed by atoms with Crippen LogP contribution in [0.1, 0.15) is 26.3 Å². The number of carbonyl (C=O) groups is 1. The summed E-state index contributed by atoms with van der Waals surface area (Å²) in [5.41, 5.74) is 1.09. The number of nitrogens with one attached hydrogen (secondary N) is 1. The molecule has 4 heteroatoms. The second kappa shape index (κ2) is 6.52. The molecule has 1 amide bonds. The summed E-state index contributed by atoms with van der Waals surface area (Å²) in [5, 5.41) is 2.71. The van der Waals surface area contributed by atoms with Gasteiger partial charge in [0.15, 0.2) is 0 Å². The summed E-state index contributed by atoms with van der Waals surface area (Å²) in [6.45, 7) is 7.43. The van der Waals surface area contributed by atoms with Gasteiger partial charge >= 0.3 is 6.09 Å². The zero-order chi connectivity index (χ0) is 16.2. The molecule has 0 aliphatic carbocycles. The molecule has 0 radical (unpaired) electrons. The Balaban J connectivity index is 2.11. The van der Waals surface area contributed by atoms with E-state index in [0.29, 0.717) is 11.4 Å². The fourth-order valence-corrected chi connectivity index (χ4v) is 1.82. The Labute approximate surface area is 131 Å². The predicted octanol–water partition coefficient (Wildman–Crippen LogP) is 5.13. The van der Waals surface area contributed by atoms with Crippen molar-refractivity contribution < 1.29 is 14.3 Å². The van der Waals surface area contributed by atoms with Gasteiger partial charge in [-0.25, -0.2) is 4.79 Å². The summed E-state index contributed by atoms with van der Waals surface area (Å²) < 4.78 is 11.1. The van der Waals surface area contributed by atoms with Gasteiger partial charge in [0.1, 0.15) is 17.1 Å². The van der Waals surface area contributed by atoms with Crippen molar-refractivity contribution in [1.82, 2.24) is 0 Å². The quantitative estimate of drug-likeness (QED) is 0.854. The van der Waals surface area contributed by atoms with Gasteiger partial charge in [0.25, 0.3) is 0 Å². The molecule has 4 nitrogen and oxygen atoms in total. The van der Waals surface area contributed by atoms with Crippen LogP contribution in [-0.4, -0.2) is 11.7 Å². The third kappa shape index (κ3) is 4.81. The van der Waals surface area contributed by atoms with Crippen LogP contribution in [0.4, 0.5) is 10.5 Å². The number of anilines is 1. The Bertz CT molecular complexity index is 645. The minimum Gasteiger partial charge on any atom is -0.457 e. The van der Waals surface area contributed by atoms with Crippen LogP contribution in [0, 0.1) is 6.92 Å². The molecule has 2 rings (SSSR count). The van der Waals surface area contributed by atoms with Gasteiger partial charge in [-0.1, -0.05) is 24.3 Å². The fraction of sp³-hybridized carbons (Fsp3) is 0.278. The Morgan fingerprint density at radius 2 is 1.73 bits per heavy atom. The van der Waals surface area contributed by atoms with Crippen LogP contribution in [-0.2, 0) is 4.74 Å². The van der Waals surface area contributed by atoms with E-state index >= 15 is 0 Å². The Hall–Kier alpha value is -2.49. The Kier molecular flexibility index (Phi) is 4.71. The lowest BCUT2D eigenvalue weighted by atomic mass is 10.2. The minimum absolute atomic E-state index is 0.484. The van der Waals surface area contributed by atoms with Crippen LogP contribution >= 0.6 is 0 Å². The first-order valence-electron chi connectivity index (χ1n) is 7.17. The lowest BCUT2D eigenvalue weighted by Crippen LogP contribution is -2.27. The molecule has 0 bridgehead atoms. The smallest absolute Gasteiger partial charge is 0.412 e. The number of amides is 1. The molecule has 0 aromatic heterocycles. The van der Waals surface area contributed by atoms with Crippen molar-refractivity contribution in [3.8, 4) is 11.5 Å². The van der Waals surface area contributed by atoms with Crippen molar-refractivity contribution >= 4 is 11.8 Å². The minimum atomic E-state index is -0.530. The van der Waals surface area contributed by atoms with E-state index in [2.05, 4.69) is 5.32 Å². The molecule has 0 unspecified atom stereocenters. The number of rotatable bonds is 3. The first-order chi connectivity index (χ1) is 10.3. The van der Waals surface area contributed by atoms with Gasteiger partial charge in [-0.2, -0.15) is 0 Å². The van der Waals surface area contributed by atoms with Crippen LogP contribution in [0.2, 0.25) is 0 Å². The molecule has 0 aliphatic heterocycles. The zero-order valence-corrected chi connectivity index (χ0v) is 13.3. The topological polar surface area (TPSA) is 47.6 Å². The summed E-state index contributed by atoms with van der Waals surface area (Å²) >= 11 is 0. The lowest BCUT2D eigenvalue weighted by molar-refractivity contribution is 0.0636. The van der Waals surface area contributed by atoms with E-state index in [9.17, 15) is 4.79 Å². The predicted molar refractivity (Wildman–Crippen MR) is 87.6 cm³/mol. The first kappa shape index (κ1) is 15.9. The highest BCUT2D eigenvalue weighted by Gasteiger charge is 2.16. The highest BCUT2D eigenvalue weighted by atomic mass is 16.6. The summed E-state index contributed by atoms with van der Waals surface area (Å²) in [5.74, 6) is 1.44. The lowest BCUT2D eigenvalue weighted by Gasteiger charge is -2.20. The van der Waals surface area contributed by atoms with Gasteiger partial charge in [0, 0.05) is 11.8 Å². The summed E-state index contributed by atoms with van der Waals surface area (Å²) in [7, 11) is 0. The molecule has 2 aromatic rings. The number of hydrogen-bond acceptors (Lipinski definition) is 3. The van der Waals surface area contributed by atoms with Crippen molar-refractivity contribution in [1.29, 1.82) is 0 Å². The molecule has 0 saturated carbocycles. The molecule has 0 heterocycles. The van der Waals surface area contributed by atoms with Gasteiger partial charge in [-0.05, 0) is 51.5 Å². The number of hydrogen-bond donors (Lipinski definition) is 1. The van der Waals surface area contributed by atoms with E-state index < -0.39 is 11.7 Å². The van der Waals surface area contributed by atoms with Gasteiger partial charge in [0.2, 0.25) is 0 Å². The molecular formula is C18H21NO3. The number of aryl methyl sites for hydroxylation is 1. The van der Waals surface area contributed by atoms with Gasteiger partial charge in [-0.3, -0.25) is 5.32 Å².